The van der Waals surface area contributed by atoms with E-state index in [4.69, 9.17) is 12.2 Å². The van der Waals surface area contributed by atoms with Gasteiger partial charge in [-0.05, 0) is 0 Å². The summed E-state index contributed by atoms with van der Waals surface area (Å²) >= 11 is 14.5. The molecule has 1 aromatic rings. The molecule has 1 aliphatic rings. The first-order valence-electron chi connectivity index (χ1n) is 2.83. The van der Waals surface area contributed by atoms with Gasteiger partial charge in [-0.25, -0.2) is 0 Å². The normalized spacial score (nSPS) is 17.5. The molecule has 0 saturated heterocycles. The van der Waals surface area contributed by atoms with Crippen molar-refractivity contribution in [3.05, 3.63) is 3.14 Å². The van der Waals surface area contributed by atoms with Crippen LogP contribution in [0.1, 0.15) is 0 Å². The standard InChI is InChI=1S/C5H4S6/c6-5-10-3-4(11-5)9-2-7-1-8-3/h1-2H2. The molecule has 0 fully saturated rings. The van der Waals surface area contributed by atoms with E-state index in [1.54, 1.807) is 22.7 Å². The van der Waals surface area contributed by atoms with Gasteiger partial charge in [0.1, 0.15) is 3.14 Å². The number of hydrogen-bond acceptors (Lipinski definition) is 6. The van der Waals surface area contributed by atoms with Crippen LogP contribution in [-0.2, 0) is 0 Å². The van der Waals surface area contributed by atoms with Crippen LogP contribution in [-0.4, -0.2) is 10.2 Å². The van der Waals surface area contributed by atoms with Gasteiger partial charge in [0.2, 0.25) is 0 Å². The smallest absolute Gasteiger partial charge is 0.139 e. The first-order valence-corrected chi connectivity index (χ1v) is 8.00. The van der Waals surface area contributed by atoms with E-state index >= 15 is 0 Å². The van der Waals surface area contributed by atoms with Gasteiger partial charge in [0.05, 0.1) is 8.42 Å². The van der Waals surface area contributed by atoms with E-state index in [-0.39, 0.29) is 0 Å². The van der Waals surface area contributed by atoms with Crippen molar-refractivity contribution in [2.45, 2.75) is 8.42 Å². The Hall–Kier alpha value is 1.32. The molecule has 0 atom stereocenters. The van der Waals surface area contributed by atoms with Crippen molar-refractivity contribution in [1.82, 2.24) is 0 Å². The van der Waals surface area contributed by atoms with Crippen LogP contribution < -0.4 is 0 Å². The van der Waals surface area contributed by atoms with Crippen molar-refractivity contribution in [3.8, 4) is 0 Å². The largest absolute Gasteiger partial charge is 0.145 e. The fraction of sp³-hybridized carbons (Fsp3) is 0.400. The van der Waals surface area contributed by atoms with Crippen molar-refractivity contribution < 1.29 is 0 Å². The second-order valence-corrected chi connectivity index (χ2v) is 9.19. The summed E-state index contributed by atoms with van der Waals surface area (Å²) in [6, 6.07) is 0. The molecule has 1 aromatic heterocycles. The third kappa shape index (κ3) is 2.16. The summed E-state index contributed by atoms with van der Waals surface area (Å²) in [5, 5.41) is 2.37. The second kappa shape index (κ2) is 4.02. The summed E-state index contributed by atoms with van der Waals surface area (Å²) in [6.45, 7) is 0. The Morgan fingerprint density at radius 1 is 1.00 bits per heavy atom. The third-order valence-corrected chi connectivity index (χ3v) is 8.11. The molecule has 0 saturated carbocycles. The van der Waals surface area contributed by atoms with Gasteiger partial charge < -0.3 is 0 Å². The number of hydrogen-bond donors (Lipinski definition) is 0. The maximum Gasteiger partial charge on any atom is 0.145 e. The lowest BCUT2D eigenvalue weighted by Gasteiger charge is -1.89. The Morgan fingerprint density at radius 3 is 2.09 bits per heavy atom. The minimum absolute atomic E-state index is 1.07. The van der Waals surface area contributed by atoms with Gasteiger partial charge in [0.25, 0.3) is 0 Å². The molecule has 2 rings (SSSR count). The molecule has 0 aliphatic carbocycles. The predicted molar refractivity (Wildman–Crippen MR) is 62.1 cm³/mol. The zero-order chi connectivity index (χ0) is 7.68. The Balaban J connectivity index is 2.39. The molecule has 0 radical (unpaired) electrons. The van der Waals surface area contributed by atoms with Gasteiger partial charge in [-0.1, -0.05) is 12.2 Å². The molecule has 2 heterocycles. The highest BCUT2D eigenvalue weighted by Crippen LogP contribution is 2.45. The van der Waals surface area contributed by atoms with Gasteiger partial charge in [-0.2, -0.15) is 0 Å². The zero-order valence-corrected chi connectivity index (χ0v) is 10.3. The molecule has 60 valence electrons. The Bertz CT molecular complexity index is 270. The molecular weight excluding hydrogens is 252 g/mol. The van der Waals surface area contributed by atoms with E-state index < -0.39 is 0 Å². The minimum Gasteiger partial charge on any atom is -0.139 e. The second-order valence-electron chi connectivity index (χ2n) is 1.76. The molecular formula is C5H4S6. The maximum absolute atomic E-state index is 5.13. The molecule has 0 amide bonds. The summed E-state index contributed by atoms with van der Waals surface area (Å²) in [5.74, 6) is 0. The fourth-order valence-corrected chi connectivity index (χ4v) is 8.61. The summed E-state index contributed by atoms with van der Waals surface area (Å²) in [5.41, 5.74) is 0. The lowest BCUT2D eigenvalue weighted by Crippen LogP contribution is -1.63. The molecule has 0 bridgehead atoms. The van der Waals surface area contributed by atoms with Crippen molar-refractivity contribution in [1.29, 1.82) is 0 Å². The highest BCUT2D eigenvalue weighted by atomic mass is 32.3. The third-order valence-electron chi connectivity index (χ3n) is 1.07. The fourth-order valence-electron chi connectivity index (χ4n) is 0.657. The highest BCUT2D eigenvalue weighted by Gasteiger charge is 2.11. The van der Waals surface area contributed by atoms with E-state index in [1.165, 1.54) is 18.6 Å². The molecule has 1 aliphatic heterocycles. The van der Waals surface area contributed by atoms with Crippen LogP contribution in [0.3, 0.4) is 0 Å². The first kappa shape index (κ1) is 8.90. The van der Waals surface area contributed by atoms with Gasteiger partial charge >= 0.3 is 0 Å². The van der Waals surface area contributed by atoms with Crippen LogP contribution in [0.25, 0.3) is 0 Å². The van der Waals surface area contributed by atoms with E-state index in [2.05, 4.69) is 0 Å². The molecule has 0 nitrogen and oxygen atoms in total. The average molecular weight is 256 g/mol. The van der Waals surface area contributed by atoms with Crippen molar-refractivity contribution in [2.24, 2.45) is 0 Å². The summed E-state index contributed by atoms with van der Waals surface area (Å²) < 4.78 is 3.95. The van der Waals surface area contributed by atoms with Crippen LogP contribution in [0.15, 0.2) is 8.42 Å². The van der Waals surface area contributed by atoms with Crippen LogP contribution in [0, 0.1) is 3.14 Å². The summed E-state index contributed by atoms with van der Waals surface area (Å²) in [7, 11) is 0. The molecule has 11 heavy (non-hydrogen) atoms. The number of fused-ring (bicyclic) bond motifs is 1. The van der Waals surface area contributed by atoms with Crippen molar-refractivity contribution in [2.75, 3.05) is 10.2 Å². The van der Waals surface area contributed by atoms with Gasteiger partial charge in [0.15, 0.2) is 0 Å². The van der Waals surface area contributed by atoms with E-state index in [0.29, 0.717) is 0 Å². The summed E-state index contributed by atoms with van der Waals surface area (Å²) in [4.78, 5) is 0. The predicted octanol–water partition coefficient (Wildman–Crippen LogP) is 4.39. The molecule has 6 heteroatoms. The van der Waals surface area contributed by atoms with Crippen molar-refractivity contribution >= 4 is 70.2 Å². The van der Waals surface area contributed by atoms with Crippen molar-refractivity contribution in [3.63, 3.8) is 0 Å². The zero-order valence-electron chi connectivity index (χ0n) is 5.36. The molecule has 0 N–H and O–H groups in total. The lowest BCUT2D eigenvalue weighted by atomic mass is 11.1. The monoisotopic (exact) mass is 256 g/mol. The quantitative estimate of drug-likeness (QED) is 0.631. The van der Waals surface area contributed by atoms with Crippen LogP contribution in [0.4, 0.5) is 0 Å². The first-order chi connectivity index (χ1) is 5.36. The Labute approximate surface area is 91.2 Å². The topological polar surface area (TPSA) is 0 Å². The summed E-state index contributed by atoms with van der Waals surface area (Å²) in [6.07, 6.45) is 0. The van der Waals surface area contributed by atoms with E-state index in [9.17, 15) is 0 Å². The van der Waals surface area contributed by atoms with Crippen LogP contribution in [0.2, 0.25) is 0 Å². The highest BCUT2D eigenvalue weighted by molar-refractivity contribution is 8.25. The van der Waals surface area contributed by atoms with Crippen LogP contribution in [0.5, 0.6) is 0 Å². The molecule has 0 unspecified atom stereocenters. The van der Waals surface area contributed by atoms with Crippen LogP contribution >= 0.6 is 70.2 Å². The van der Waals surface area contributed by atoms with Gasteiger partial charge in [-0.15, -0.1) is 58.0 Å². The lowest BCUT2D eigenvalue weighted by molar-refractivity contribution is 1.54. The van der Waals surface area contributed by atoms with Gasteiger partial charge in [0, 0.05) is 10.2 Å². The maximum atomic E-state index is 5.13. The Morgan fingerprint density at radius 2 is 1.55 bits per heavy atom. The number of rotatable bonds is 0. The van der Waals surface area contributed by atoms with E-state index in [1.807, 2.05) is 35.3 Å². The average Bonchev–Trinajstić information content (AvgIpc) is 2.17. The SMILES string of the molecule is S=c1sc2c(s1)SCSCS2. The minimum atomic E-state index is 1.07. The number of thioether (sulfide) groups is 3. The van der Waals surface area contributed by atoms with Gasteiger partial charge in [-0.3, -0.25) is 0 Å². The Kier molecular flexibility index (Phi) is 3.25. The van der Waals surface area contributed by atoms with E-state index in [0.717, 1.165) is 3.14 Å². The molecule has 0 spiro atoms. The molecule has 0 aromatic carbocycles.